The topological polar surface area (TPSA) is 54.9 Å². The van der Waals surface area contributed by atoms with Crippen molar-refractivity contribution in [2.24, 2.45) is 0 Å². The fourth-order valence-electron chi connectivity index (χ4n) is 1.68. The zero-order chi connectivity index (χ0) is 15.4. The number of aromatic nitrogens is 2. The van der Waals surface area contributed by atoms with E-state index in [4.69, 9.17) is 0 Å². The molecule has 0 aliphatic carbocycles. The van der Waals surface area contributed by atoms with Gasteiger partial charge in [-0.25, -0.2) is 14.4 Å². The Morgan fingerprint density at radius 1 is 1.23 bits per heavy atom. The Kier molecular flexibility index (Phi) is 4.36. The predicted molar refractivity (Wildman–Crippen MR) is 87.3 cm³/mol. The van der Waals surface area contributed by atoms with Gasteiger partial charge in [-0.15, -0.1) is 22.7 Å². The number of carbonyl (C=O) groups excluding carboxylic acids is 1. The first-order valence-corrected chi connectivity index (χ1v) is 8.07. The fourth-order valence-corrected chi connectivity index (χ4v) is 3.01. The molecule has 0 aliphatic heterocycles. The minimum Gasteiger partial charge on any atom is -0.298 e. The van der Waals surface area contributed by atoms with Gasteiger partial charge in [0.2, 0.25) is 5.91 Å². The molecule has 0 saturated carbocycles. The molecular weight excluding hydrogens is 321 g/mol. The largest absolute Gasteiger partial charge is 0.298 e. The summed E-state index contributed by atoms with van der Waals surface area (Å²) in [6, 6.07) is 6.15. The number of benzene rings is 1. The second-order valence-corrected chi connectivity index (χ2v) is 6.00. The molecule has 0 radical (unpaired) electrons. The molecule has 2 heterocycles. The van der Waals surface area contributed by atoms with Gasteiger partial charge >= 0.3 is 0 Å². The zero-order valence-corrected chi connectivity index (χ0v) is 12.8. The van der Waals surface area contributed by atoms with Gasteiger partial charge < -0.3 is 0 Å². The molecule has 1 aromatic carbocycles. The summed E-state index contributed by atoms with van der Waals surface area (Å²) in [7, 11) is 0. The highest BCUT2D eigenvalue weighted by atomic mass is 32.1. The second kappa shape index (κ2) is 6.59. The molecule has 0 bridgehead atoms. The van der Waals surface area contributed by atoms with E-state index in [0.29, 0.717) is 10.8 Å². The van der Waals surface area contributed by atoms with Crippen LogP contribution in [0, 0.1) is 5.82 Å². The Balaban J connectivity index is 1.67. The Morgan fingerprint density at radius 2 is 2.05 bits per heavy atom. The molecule has 0 spiro atoms. The van der Waals surface area contributed by atoms with Crippen LogP contribution in [0.15, 0.2) is 47.3 Å². The van der Waals surface area contributed by atoms with Crippen molar-refractivity contribution < 1.29 is 9.18 Å². The number of thiazole rings is 2. The van der Waals surface area contributed by atoms with Gasteiger partial charge in [-0.3, -0.25) is 10.1 Å². The van der Waals surface area contributed by atoms with E-state index < -0.39 is 0 Å². The number of nitrogens with one attached hydrogen (secondary N) is 1. The van der Waals surface area contributed by atoms with Crippen molar-refractivity contribution >= 4 is 39.8 Å². The first-order chi connectivity index (χ1) is 10.7. The molecular formula is C15H10FN3OS2. The van der Waals surface area contributed by atoms with Crippen LogP contribution >= 0.6 is 22.7 Å². The van der Waals surface area contributed by atoms with Crippen molar-refractivity contribution in [2.75, 3.05) is 5.32 Å². The average Bonchev–Trinajstić information content (AvgIpc) is 3.17. The van der Waals surface area contributed by atoms with Crippen LogP contribution in [0.4, 0.5) is 9.52 Å². The van der Waals surface area contributed by atoms with Crippen LogP contribution in [0.3, 0.4) is 0 Å². The molecule has 110 valence electrons. The van der Waals surface area contributed by atoms with Crippen molar-refractivity contribution in [2.45, 2.75) is 0 Å². The van der Waals surface area contributed by atoms with Crippen LogP contribution in [-0.2, 0) is 4.79 Å². The number of carbonyl (C=O) groups is 1. The van der Waals surface area contributed by atoms with E-state index in [2.05, 4.69) is 15.3 Å². The lowest BCUT2D eigenvalue weighted by Gasteiger charge is -1.95. The summed E-state index contributed by atoms with van der Waals surface area (Å²) in [4.78, 5) is 20.1. The third-order valence-electron chi connectivity index (χ3n) is 2.68. The van der Waals surface area contributed by atoms with Crippen LogP contribution in [0.5, 0.6) is 0 Å². The van der Waals surface area contributed by atoms with Gasteiger partial charge in [-0.1, -0.05) is 0 Å². The van der Waals surface area contributed by atoms with Gasteiger partial charge in [-0.2, -0.15) is 0 Å². The molecule has 0 fully saturated rings. The number of hydrogen-bond donors (Lipinski definition) is 1. The number of nitrogens with zero attached hydrogens (tertiary/aromatic N) is 2. The summed E-state index contributed by atoms with van der Waals surface area (Å²) >= 11 is 2.79. The van der Waals surface area contributed by atoms with Gasteiger partial charge in [0.25, 0.3) is 0 Å². The lowest BCUT2D eigenvalue weighted by atomic mass is 10.2. The average molecular weight is 331 g/mol. The Bertz CT molecular complexity index is 795. The molecule has 22 heavy (non-hydrogen) atoms. The van der Waals surface area contributed by atoms with Crippen LogP contribution in [-0.4, -0.2) is 15.9 Å². The van der Waals surface area contributed by atoms with Gasteiger partial charge in [0, 0.05) is 28.6 Å². The van der Waals surface area contributed by atoms with Crippen molar-refractivity contribution in [3.63, 3.8) is 0 Å². The molecule has 1 amide bonds. The molecule has 0 aliphatic rings. The third-order valence-corrected chi connectivity index (χ3v) is 4.28. The van der Waals surface area contributed by atoms with E-state index in [0.717, 1.165) is 10.6 Å². The molecule has 0 unspecified atom stereocenters. The van der Waals surface area contributed by atoms with Crippen LogP contribution in [0.25, 0.3) is 16.6 Å². The van der Waals surface area contributed by atoms with Crippen LogP contribution < -0.4 is 5.32 Å². The van der Waals surface area contributed by atoms with Gasteiger partial charge in [0.15, 0.2) is 5.13 Å². The summed E-state index contributed by atoms with van der Waals surface area (Å²) in [6.07, 6.45) is 4.66. The Hall–Kier alpha value is -2.38. The molecule has 1 N–H and O–H groups in total. The highest BCUT2D eigenvalue weighted by Gasteiger charge is 2.04. The molecule has 0 atom stereocenters. The number of anilines is 1. The second-order valence-electron chi connectivity index (χ2n) is 4.24. The minimum atomic E-state index is -0.278. The Labute approximate surface area is 134 Å². The lowest BCUT2D eigenvalue weighted by molar-refractivity contribution is -0.111. The fraction of sp³-hybridized carbons (Fsp3) is 0. The summed E-state index contributed by atoms with van der Waals surface area (Å²) < 4.78 is 12.9. The number of halogens is 1. The van der Waals surface area contributed by atoms with Gasteiger partial charge in [0.05, 0.1) is 5.69 Å². The normalized spacial score (nSPS) is 11.0. The van der Waals surface area contributed by atoms with E-state index in [1.54, 1.807) is 29.8 Å². The van der Waals surface area contributed by atoms with Gasteiger partial charge in [-0.05, 0) is 30.3 Å². The molecule has 4 nitrogen and oxygen atoms in total. The highest BCUT2D eigenvalue weighted by Crippen LogP contribution is 2.24. The van der Waals surface area contributed by atoms with Crippen molar-refractivity contribution in [1.29, 1.82) is 0 Å². The summed E-state index contributed by atoms with van der Waals surface area (Å²) in [5.41, 5.74) is 1.52. The first-order valence-electron chi connectivity index (χ1n) is 6.31. The summed E-state index contributed by atoms with van der Waals surface area (Å²) in [5, 5.41) is 7.61. The number of hydrogen-bond acceptors (Lipinski definition) is 5. The standard InChI is InChI=1S/C15H10FN3OS2/c16-11-3-1-10(2-4-11)14-18-12(9-22-14)5-6-13(20)19-15-17-7-8-21-15/h1-9H,(H,17,19,20)/b6-5+. The SMILES string of the molecule is O=C(/C=C/c1csc(-c2ccc(F)cc2)n1)Nc1nccs1. The maximum absolute atomic E-state index is 12.9. The third kappa shape index (κ3) is 3.63. The van der Waals surface area contributed by atoms with Crippen molar-refractivity contribution in [1.82, 2.24) is 9.97 Å². The first kappa shape index (κ1) is 14.6. The maximum atomic E-state index is 12.9. The number of rotatable bonds is 4. The van der Waals surface area contributed by atoms with E-state index in [9.17, 15) is 9.18 Å². The van der Waals surface area contributed by atoms with Crippen molar-refractivity contribution in [3.8, 4) is 10.6 Å². The van der Waals surface area contributed by atoms with E-state index in [1.807, 2.05) is 5.38 Å². The van der Waals surface area contributed by atoms with E-state index in [-0.39, 0.29) is 11.7 Å². The van der Waals surface area contributed by atoms with Gasteiger partial charge in [0.1, 0.15) is 10.8 Å². The van der Waals surface area contributed by atoms with E-state index in [1.165, 1.54) is 40.9 Å². The molecule has 2 aromatic heterocycles. The molecule has 3 rings (SSSR count). The van der Waals surface area contributed by atoms with Crippen LogP contribution in [0.2, 0.25) is 0 Å². The minimum absolute atomic E-state index is 0.258. The maximum Gasteiger partial charge on any atom is 0.250 e. The van der Waals surface area contributed by atoms with E-state index >= 15 is 0 Å². The summed E-state index contributed by atoms with van der Waals surface area (Å²) in [6.45, 7) is 0. The predicted octanol–water partition coefficient (Wildman–Crippen LogP) is 4.06. The Morgan fingerprint density at radius 3 is 2.77 bits per heavy atom. The van der Waals surface area contributed by atoms with Crippen molar-refractivity contribution in [3.05, 3.63) is 58.8 Å². The van der Waals surface area contributed by atoms with Crippen LogP contribution in [0.1, 0.15) is 5.69 Å². The molecule has 0 saturated heterocycles. The summed E-state index contributed by atoms with van der Waals surface area (Å²) in [5.74, 6) is -0.537. The number of amides is 1. The smallest absolute Gasteiger partial charge is 0.250 e. The molecule has 7 heteroatoms. The molecule has 3 aromatic rings. The monoisotopic (exact) mass is 331 g/mol. The lowest BCUT2D eigenvalue weighted by Crippen LogP contribution is -2.07. The highest BCUT2D eigenvalue weighted by molar-refractivity contribution is 7.13. The zero-order valence-electron chi connectivity index (χ0n) is 11.2. The quantitative estimate of drug-likeness (QED) is 0.734.